The van der Waals surface area contributed by atoms with E-state index in [1.807, 2.05) is 35.5 Å². The lowest BCUT2D eigenvalue weighted by Gasteiger charge is -2.39. The first-order valence-electron chi connectivity index (χ1n) is 6.88. The number of hydrogen-bond donors (Lipinski definition) is 4. The number of nitrogens with one attached hydrogen (secondary N) is 1. The summed E-state index contributed by atoms with van der Waals surface area (Å²) in [4.78, 5) is 5.08. The van der Waals surface area contributed by atoms with Crippen LogP contribution >= 0.6 is 0 Å². The molecule has 1 heterocycles. The Labute approximate surface area is 119 Å². The molecule has 0 fully saturated rings. The lowest BCUT2D eigenvalue weighted by Crippen LogP contribution is -2.48. The van der Waals surface area contributed by atoms with Gasteiger partial charge in [0.2, 0.25) is 0 Å². The fraction of sp³-hybridized carbons (Fsp3) is 0.467. The minimum atomic E-state index is -0.353. The molecule has 5 heteroatoms. The molecule has 2 unspecified atom stereocenters. The third-order valence-corrected chi connectivity index (χ3v) is 3.80. The normalized spacial score (nSPS) is 26.1. The first kappa shape index (κ1) is 15.0. The molecule has 5 N–H and O–H groups in total. The lowest BCUT2D eigenvalue weighted by atomic mass is 9.85. The highest BCUT2D eigenvalue weighted by Crippen LogP contribution is 2.30. The standard InChI is InChI=1S/C15H23N3O2/c1-15(18(6-8-19)7-9-20)4-2-14(16)13(10-15)12-3-5-17-11-12/h2-5,10-11,14,17,19-20H,6-9,16H2,1H3. The molecule has 0 spiro atoms. The summed E-state index contributed by atoms with van der Waals surface area (Å²) in [7, 11) is 0. The van der Waals surface area contributed by atoms with Gasteiger partial charge >= 0.3 is 0 Å². The Morgan fingerprint density at radius 1 is 1.35 bits per heavy atom. The molecular formula is C15H23N3O2. The van der Waals surface area contributed by atoms with E-state index >= 15 is 0 Å². The molecule has 2 atom stereocenters. The fourth-order valence-electron chi connectivity index (χ4n) is 2.67. The van der Waals surface area contributed by atoms with E-state index in [1.165, 1.54) is 0 Å². The van der Waals surface area contributed by atoms with Gasteiger partial charge in [0.05, 0.1) is 18.8 Å². The Balaban J connectivity index is 2.32. The molecule has 0 aliphatic heterocycles. The van der Waals surface area contributed by atoms with Crippen molar-refractivity contribution in [2.75, 3.05) is 26.3 Å². The SMILES string of the molecule is CC1(N(CCO)CCO)C=CC(N)C(c2cc[nH]c2)=C1. The molecule has 2 rings (SSSR count). The third-order valence-electron chi connectivity index (χ3n) is 3.80. The third kappa shape index (κ3) is 3.02. The zero-order valence-electron chi connectivity index (χ0n) is 11.8. The van der Waals surface area contributed by atoms with Crippen LogP contribution in [0.3, 0.4) is 0 Å². The van der Waals surface area contributed by atoms with Gasteiger partial charge in [-0.15, -0.1) is 0 Å². The molecule has 0 amide bonds. The van der Waals surface area contributed by atoms with Crippen molar-refractivity contribution in [3.05, 3.63) is 42.3 Å². The summed E-state index contributed by atoms with van der Waals surface area (Å²) >= 11 is 0. The number of nitrogens with zero attached hydrogens (tertiary/aromatic N) is 1. The molecule has 0 radical (unpaired) electrons. The van der Waals surface area contributed by atoms with E-state index < -0.39 is 0 Å². The maximum atomic E-state index is 9.21. The minimum absolute atomic E-state index is 0.0583. The number of rotatable bonds is 6. The van der Waals surface area contributed by atoms with Crippen LogP contribution < -0.4 is 5.73 Å². The van der Waals surface area contributed by atoms with Gasteiger partial charge in [0.25, 0.3) is 0 Å². The van der Waals surface area contributed by atoms with Crippen LogP contribution in [0.5, 0.6) is 0 Å². The maximum Gasteiger partial charge on any atom is 0.0558 e. The number of aromatic amines is 1. The average molecular weight is 277 g/mol. The van der Waals surface area contributed by atoms with Gasteiger partial charge in [0.15, 0.2) is 0 Å². The predicted octanol–water partition coefficient (Wildman–Crippen LogP) is 0.341. The first-order chi connectivity index (χ1) is 9.60. The monoisotopic (exact) mass is 277 g/mol. The van der Waals surface area contributed by atoms with Crippen LogP contribution in [0.4, 0.5) is 0 Å². The summed E-state index contributed by atoms with van der Waals surface area (Å²) in [6, 6.07) is 1.86. The molecule has 110 valence electrons. The zero-order chi connectivity index (χ0) is 14.6. The van der Waals surface area contributed by atoms with Crippen molar-refractivity contribution in [2.45, 2.75) is 18.5 Å². The molecule has 20 heavy (non-hydrogen) atoms. The van der Waals surface area contributed by atoms with Crippen LogP contribution in [0.2, 0.25) is 0 Å². The van der Waals surface area contributed by atoms with Crippen molar-refractivity contribution in [1.82, 2.24) is 9.88 Å². The second-order valence-electron chi connectivity index (χ2n) is 5.24. The molecule has 5 nitrogen and oxygen atoms in total. The largest absolute Gasteiger partial charge is 0.395 e. The summed E-state index contributed by atoms with van der Waals surface area (Å²) in [5.41, 5.74) is 7.92. The quantitative estimate of drug-likeness (QED) is 0.565. The number of H-pyrrole nitrogens is 1. The van der Waals surface area contributed by atoms with Gasteiger partial charge in [-0.25, -0.2) is 0 Å². The van der Waals surface area contributed by atoms with Crippen LogP contribution in [0.15, 0.2) is 36.7 Å². The average Bonchev–Trinajstić information content (AvgIpc) is 2.95. The van der Waals surface area contributed by atoms with Gasteiger partial charge in [0.1, 0.15) is 0 Å². The molecule has 0 saturated heterocycles. The fourth-order valence-corrected chi connectivity index (χ4v) is 2.67. The van der Waals surface area contributed by atoms with Gasteiger partial charge in [-0.1, -0.05) is 18.2 Å². The van der Waals surface area contributed by atoms with Crippen molar-refractivity contribution < 1.29 is 10.2 Å². The Kier molecular flexibility index (Phi) is 4.77. The Morgan fingerprint density at radius 2 is 2.05 bits per heavy atom. The number of β-amino-alcohol motifs (C(OH)–C–C–N with tert-alkyl or cyclic N) is 2. The zero-order valence-corrected chi connectivity index (χ0v) is 11.8. The molecule has 0 bridgehead atoms. The second kappa shape index (κ2) is 6.37. The van der Waals surface area contributed by atoms with Gasteiger partial charge < -0.3 is 20.9 Å². The van der Waals surface area contributed by atoms with Crippen LogP contribution in [0.25, 0.3) is 5.57 Å². The van der Waals surface area contributed by atoms with Crippen LogP contribution in [0, 0.1) is 0 Å². The molecule has 1 aliphatic carbocycles. The summed E-state index contributed by atoms with van der Waals surface area (Å²) in [6.45, 7) is 3.19. The van der Waals surface area contributed by atoms with Crippen molar-refractivity contribution >= 4 is 5.57 Å². The Bertz CT molecular complexity index is 475. The second-order valence-corrected chi connectivity index (χ2v) is 5.24. The highest BCUT2D eigenvalue weighted by molar-refractivity contribution is 5.74. The molecule has 0 aromatic carbocycles. The van der Waals surface area contributed by atoms with Crippen molar-refractivity contribution in [3.8, 4) is 0 Å². The highest BCUT2D eigenvalue weighted by Gasteiger charge is 2.31. The topological polar surface area (TPSA) is 85.5 Å². The number of aliphatic hydroxyl groups is 2. The lowest BCUT2D eigenvalue weighted by molar-refractivity contribution is 0.114. The van der Waals surface area contributed by atoms with Gasteiger partial charge in [-0.05, 0) is 24.1 Å². The number of nitrogens with two attached hydrogens (primary N) is 1. The molecule has 1 aromatic rings. The Morgan fingerprint density at radius 3 is 2.60 bits per heavy atom. The van der Waals surface area contributed by atoms with Crippen molar-refractivity contribution in [3.63, 3.8) is 0 Å². The smallest absolute Gasteiger partial charge is 0.0558 e. The molecule has 0 saturated carbocycles. The van der Waals surface area contributed by atoms with Gasteiger partial charge in [-0.2, -0.15) is 0 Å². The molecule has 1 aromatic heterocycles. The summed E-state index contributed by atoms with van der Waals surface area (Å²) in [5.74, 6) is 0. The summed E-state index contributed by atoms with van der Waals surface area (Å²) < 4.78 is 0. The predicted molar refractivity (Wildman–Crippen MR) is 80.0 cm³/mol. The van der Waals surface area contributed by atoms with Gasteiger partial charge in [-0.3, -0.25) is 4.90 Å². The van der Waals surface area contributed by atoms with E-state index in [-0.39, 0.29) is 24.8 Å². The van der Waals surface area contributed by atoms with E-state index in [4.69, 9.17) is 5.73 Å². The minimum Gasteiger partial charge on any atom is -0.395 e. The van der Waals surface area contributed by atoms with E-state index in [1.54, 1.807) is 0 Å². The molecular weight excluding hydrogens is 254 g/mol. The van der Waals surface area contributed by atoms with E-state index in [0.717, 1.165) is 11.1 Å². The van der Waals surface area contributed by atoms with E-state index in [0.29, 0.717) is 13.1 Å². The van der Waals surface area contributed by atoms with Crippen molar-refractivity contribution in [1.29, 1.82) is 0 Å². The highest BCUT2D eigenvalue weighted by atomic mass is 16.3. The Hall–Kier alpha value is -1.40. The summed E-state index contributed by atoms with van der Waals surface area (Å²) in [5, 5.41) is 18.4. The summed E-state index contributed by atoms with van der Waals surface area (Å²) in [6.07, 6.45) is 9.93. The van der Waals surface area contributed by atoms with Crippen molar-refractivity contribution in [2.24, 2.45) is 5.73 Å². The number of hydrogen-bond acceptors (Lipinski definition) is 4. The van der Waals surface area contributed by atoms with Crippen LogP contribution in [-0.2, 0) is 0 Å². The molecule has 1 aliphatic rings. The van der Waals surface area contributed by atoms with Crippen LogP contribution in [-0.4, -0.2) is 58.0 Å². The number of aliphatic hydroxyl groups excluding tert-OH is 2. The van der Waals surface area contributed by atoms with E-state index in [2.05, 4.69) is 18.0 Å². The van der Waals surface area contributed by atoms with Crippen LogP contribution in [0.1, 0.15) is 12.5 Å². The maximum absolute atomic E-state index is 9.21. The number of aromatic nitrogens is 1. The first-order valence-corrected chi connectivity index (χ1v) is 6.88. The van der Waals surface area contributed by atoms with E-state index in [9.17, 15) is 10.2 Å². The van der Waals surface area contributed by atoms with Gasteiger partial charge in [0, 0.05) is 31.5 Å².